The largest absolute Gasteiger partial charge is 0.504 e. The SMILES string of the molecule is CC(=O)OC1CC(c2cc(O)c(O)c(OCCc3cccnc3)c2)OC(C2CC#CC3C(CO)CCCC3Oc3cc(ccc3O)C2)C1. The normalized spacial score (nSPS) is 26.8. The lowest BCUT2D eigenvalue weighted by molar-refractivity contribution is -0.164. The molecule has 10 heteroatoms. The van der Waals surface area contributed by atoms with E-state index in [-0.39, 0.29) is 66.2 Å². The summed E-state index contributed by atoms with van der Waals surface area (Å²) in [5.74, 6) is 5.99. The molecule has 4 N–H and O–H groups in total. The predicted octanol–water partition coefficient (Wildman–Crippen LogP) is 5.39. The molecule has 10 nitrogen and oxygen atoms in total. The molecule has 1 aliphatic carbocycles. The molecule has 7 atom stereocenters. The zero-order valence-corrected chi connectivity index (χ0v) is 27.1. The van der Waals surface area contributed by atoms with Gasteiger partial charge in [0.25, 0.3) is 0 Å². The molecule has 2 aromatic carbocycles. The quantitative estimate of drug-likeness (QED) is 0.141. The summed E-state index contributed by atoms with van der Waals surface area (Å²) < 4.78 is 24.8. The van der Waals surface area contributed by atoms with Crippen LogP contribution in [-0.2, 0) is 27.1 Å². The van der Waals surface area contributed by atoms with Crippen LogP contribution in [-0.4, -0.2) is 62.9 Å². The van der Waals surface area contributed by atoms with Gasteiger partial charge in [-0.15, -0.1) is 5.92 Å². The molecule has 3 aliphatic rings. The molecule has 7 unspecified atom stereocenters. The summed E-state index contributed by atoms with van der Waals surface area (Å²) >= 11 is 0. The van der Waals surface area contributed by atoms with Gasteiger partial charge in [0, 0.05) is 57.5 Å². The van der Waals surface area contributed by atoms with Crippen molar-refractivity contribution < 1.29 is 44.2 Å². The van der Waals surface area contributed by atoms with Crippen LogP contribution in [0, 0.1) is 29.6 Å². The number of carbonyl (C=O) groups is 1. The molecule has 48 heavy (non-hydrogen) atoms. The van der Waals surface area contributed by atoms with E-state index in [2.05, 4.69) is 16.8 Å². The zero-order chi connectivity index (χ0) is 33.6. The molecule has 0 radical (unpaired) electrons. The molecule has 2 aliphatic heterocycles. The lowest BCUT2D eigenvalue weighted by atomic mass is 9.77. The molecule has 1 saturated carbocycles. The molecule has 0 spiro atoms. The van der Waals surface area contributed by atoms with Crippen molar-refractivity contribution in [3.8, 4) is 40.6 Å². The molecule has 254 valence electrons. The summed E-state index contributed by atoms with van der Waals surface area (Å²) in [6.45, 7) is 1.65. The fourth-order valence-corrected chi connectivity index (χ4v) is 7.18. The van der Waals surface area contributed by atoms with Crippen molar-refractivity contribution in [2.24, 2.45) is 17.8 Å². The highest BCUT2D eigenvalue weighted by atomic mass is 16.6. The van der Waals surface area contributed by atoms with E-state index in [0.29, 0.717) is 43.4 Å². The van der Waals surface area contributed by atoms with Gasteiger partial charge in [-0.3, -0.25) is 9.78 Å². The number of rotatable bonds is 8. The van der Waals surface area contributed by atoms with E-state index in [0.717, 1.165) is 30.4 Å². The third-order valence-electron chi connectivity index (χ3n) is 9.63. The number of hydrogen-bond acceptors (Lipinski definition) is 10. The summed E-state index contributed by atoms with van der Waals surface area (Å²) in [5, 5.41) is 42.1. The number of phenols is 3. The number of aromatic nitrogens is 1. The maximum absolute atomic E-state index is 12.2. The number of carbonyl (C=O) groups excluding carboxylic acids is 1. The Morgan fingerprint density at radius 2 is 1.94 bits per heavy atom. The van der Waals surface area contributed by atoms with Crippen LogP contribution >= 0.6 is 0 Å². The maximum atomic E-state index is 12.2. The monoisotopic (exact) mass is 657 g/mol. The van der Waals surface area contributed by atoms with Crippen LogP contribution in [0.15, 0.2) is 54.9 Å². The first kappa shape index (κ1) is 33.4. The number of phenolic OH excluding ortho intramolecular Hbond substituents is 3. The van der Waals surface area contributed by atoms with Crippen LogP contribution in [0.2, 0.25) is 0 Å². The van der Waals surface area contributed by atoms with Gasteiger partial charge >= 0.3 is 5.97 Å². The Labute approximate surface area is 280 Å². The highest BCUT2D eigenvalue weighted by molar-refractivity contribution is 5.66. The van der Waals surface area contributed by atoms with Gasteiger partial charge in [-0.2, -0.15) is 0 Å². The van der Waals surface area contributed by atoms with Crippen LogP contribution in [0.3, 0.4) is 0 Å². The van der Waals surface area contributed by atoms with Crippen molar-refractivity contribution in [3.63, 3.8) is 0 Å². The van der Waals surface area contributed by atoms with E-state index >= 15 is 0 Å². The molecule has 3 aromatic rings. The standard InChI is InChI=1S/C38H43NO9/c1-23(41)46-29-19-34(48-35(20-29)28-17-32(43)38(44)37(18-28)45-14-12-24-5-4-13-39-21-24)26-6-2-8-30-27(22-40)7-3-9-33(30)47-36-16-25(15-26)10-11-31(36)42/h4-5,10-11,13,16-18,21,26-27,29-30,33-35,40,42-44H,3,6-7,9,12,14-15,19-20,22H2,1H3. The number of nitrogens with zero attached hydrogens (tertiary/aromatic N) is 1. The Morgan fingerprint density at radius 1 is 1.06 bits per heavy atom. The minimum atomic E-state index is -0.577. The Kier molecular flexibility index (Phi) is 10.6. The van der Waals surface area contributed by atoms with Crippen molar-refractivity contribution in [2.45, 2.75) is 82.7 Å². The first-order valence-electron chi connectivity index (χ1n) is 16.8. The highest BCUT2D eigenvalue weighted by Crippen LogP contribution is 2.44. The van der Waals surface area contributed by atoms with Crippen molar-refractivity contribution in [2.75, 3.05) is 13.2 Å². The van der Waals surface area contributed by atoms with Crippen LogP contribution < -0.4 is 9.47 Å². The van der Waals surface area contributed by atoms with Gasteiger partial charge in [0.1, 0.15) is 12.2 Å². The number of esters is 1. The predicted molar refractivity (Wildman–Crippen MR) is 176 cm³/mol. The second-order valence-electron chi connectivity index (χ2n) is 13.1. The number of ether oxygens (including phenoxy) is 4. The van der Waals surface area contributed by atoms with Crippen LogP contribution in [0.25, 0.3) is 0 Å². The molecule has 0 amide bonds. The Morgan fingerprint density at radius 3 is 2.73 bits per heavy atom. The van der Waals surface area contributed by atoms with Gasteiger partial charge in [-0.1, -0.05) is 18.1 Å². The lowest BCUT2D eigenvalue weighted by Gasteiger charge is -2.39. The molecule has 2 fully saturated rings. The summed E-state index contributed by atoms with van der Waals surface area (Å²) in [6.07, 6.45) is 6.76. The van der Waals surface area contributed by atoms with Gasteiger partial charge < -0.3 is 39.4 Å². The van der Waals surface area contributed by atoms with E-state index in [9.17, 15) is 25.2 Å². The van der Waals surface area contributed by atoms with Crippen molar-refractivity contribution >= 4 is 5.97 Å². The van der Waals surface area contributed by atoms with Gasteiger partial charge in [-0.05, 0) is 78.6 Å². The average Bonchev–Trinajstić information content (AvgIpc) is 3.10. The third kappa shape index (κ3) is 7.97. The minimum Gasteiger partial charge on any atom is -0.504 e. The number of pyridine rings is 1. The summed E-state index contributed by atoms with van der Waals surface area (Å²) in [7, 11) is 0. The topological polar surface area (TPSA) is 148 Å². The van der Waals surface area contributed by atoms with Crippen LogP contribution in [0.1, 0.15) is 68.2 Å². The number of hydrogen-bond donors (Lipinski definition) is 4. The van der Waals surface area contributed by atoms with Gasteiger partial charge in [-0.25, -0.2) is 0 Å². The second-order valence-corrected chi connectivity index (χ2v) is 13.1. The third-order valence-corrected chi connectivity index (χ3v) is 9.63. The van der Waals surface area contributed by atoms with Crippen LogP contribution in [0.4, 0.5) is 0 Å². The van der Waals surface area contributed by atoms with E-state index in [1.807, 2.05) is 24.3 Å². The number of benzene rings is 2. The molecule has 6 rings (SSSR count). The molecule has 3 heterocycles. The molecule has 1 aromatic heterocycles. The number of aliphatic hydroxyl groups is 1. The maximum Gasteiger partial charge on any atom is 0.302 e. The van der Waals surface area contributed by atoms with E-state index in [1.165, 1.54) is 13.0 Å². The number of aromatic hydroxyl groups is 3. The number of fused-ring (bicyclic) bond motifs is 3. The average molecular weight is 658 g/mol. The van der Waals surface area contributed by atoms with E-state index in [1.54, 1.807) is 24.5 Å². The number of aliphatic hydroxyl groups excluding tert-OH is 1. The van der Waals surface area contributed by atoms with Crippen LogP contribution in [0.5, 0.6) is 28.7 Å². The molecule has 1 saturated heterocycles. The Bertz CT molecular complexity index is 1630. The van der Waals surface area contributed by atoms with Crippen molar-refractivity contribution in [1.82, 2.24) is 4.98 Å². The van der Waals surface area contributed by atoms with Crippen molar-refractivity contribution in [1.29, 1.82) is 0 Å². The first-order valence-corrected chi connectivity index (χ1v) is 16.8. The summed E-state index contributed by atoms with van der Waals surface area (Å²) in [4.78, 5) is 16.3. The summed E-state index contributed by atoms with van der Waals surface area (Å²) in [5.41, 5.74) is 2.51. The zero-order valence-electron chi connectivity index (χ0n) is 27.1. The lowest BCUT2D eigenvalue weighted by Crippen LogP contribution is -2.39. The fraction of sp³-hybridized carbons (Fsp3) is 0.474. The summed E-state index contributed by atoms with van der Waals surface area (Å²) in [6, 6.07) is 12.3. The Balaban J connectivity index is 1.28. The first-order chi connectivity index (χ1) is 23.3. The smallest absolute Gasteiger partial charge is 0.302 e. The molecular weight excluding hydrogens is 614 g/mol. The fourth-order valence-electron chi connectivity index (χ4n) is 7.18. The van der Waals surface area contributed by atoms with Gasteiger partial charge in [0.15, 0.2) is 23.0 Å². The van der Waals surface area contributed by atoms with Gasteiger partial charge in [0.2, 0.25) is 5.75 Å². The minimum absolute atomic E-state index is 0.0147. The molecule has 2 bridgehead atoms. The Hall–Kier alpha value is -4.46. The van der Waals surface area contributed by atoms with Gasteiger partial charge in [0.05, 0.1) is 24.7 Å². The van der Waals surface area contributed by atoms with Crippen molar-refractivity contribution in [3.05, 3.63) is 71.5 Å². The second kappa shape index (κ2) is 15.2. The van der Waals surface area contributed by atoms with E-state index < -0.39 is 18.2 Å². The van der Waals surface area contributed by atoms with E-state index in [4.69, 9.17) is 18.9 Å². The highest BCUT2D eigenvalue weighted by Gasteiger charge is 2.38. The molecular formula is C38H43NO9.